The largest absolute Gasteiger partial charge is 0.488 e. The number of carbonyl (C=O) groups excluding carboxylic acids is 1. The minimum absolute atomic E-state index is 0.0904. The van der Waals surface area contributed by atoms with Gasteiger partial charge in [-0.15, -0.1) is 0 Å². The van der Waals surface area contributed by atoms with Gasteiger partial charge >= 0.3 is 0 Å². The van der Waals surface area contributed by atoms with Crippen LogP contribution in [0.4, 0.5) is 22.0 Å². The number of benzene rings is 3. The number of aldehydes is 1. The van der Waals surface area contributed by atoms with E-state index in [-0.39, 0.29) is 23.5 Å². The number of halogens is 5. The average molecular weight is 378 g/mol. The average Bonchev–Trinajstić information content (AvgIpc) is 2.70. The van der Waals surface area contributed by atoms with Crippen LogP contribution in [0.2, 0.25) is 0 Å². The van der Waals surface area contributed by atoms with Crippen molar-refractivity contribution in [2.75, 3.05) is 0 Å². The van der Waals surface area contributed by atoms with E-state index in [1.807, 2.05) is 6.07 Å². The van der Waals surface area contributed by atoms with Crippen molar-refractivity contribution in [3.8, 4) is 16.9 Å². The first kappa shape index (κ1) is 18.6. The van der Waals surface area contributed by atoms with Gasteiger partial charge in [0.2, 0.25) is 5.82 Å². The van der Waals surface area contributed by atoms with Crippen LogP contribution in [0, 0.1) is 29.1 Å². The molecule has 0 fully saturated rings. The number of hydrogen-bond donors (Lipinski definition) is 0. The van der Waals surface area contributed by atoms with Crippen LogP contribution in [0.3, 0.4) is 0 Å². The van der Waals surface area contributed by atoms with E-state index in [9.17, 15) is 26.7 Å². The molecule has 0 atom stereocenters. The summed E-state index contributed by atoms with van der Waals surface area (Å²) >= 11 is 0. The molecule has 0 saturated heterocycles. The lowest BCUT2D eigenvalue weighted by Crippen LogP contribution is -2.04. The summed E-state index contributed by atoms with van der Waals surface area (Å²) in [7, 11) is 0. The monoisotopic (exact) mass is 378 g/mol. The van der Waals surface area contributed by atoms with Crippen LogP contribution in [0.1, 0.15) is 15.9 Å². The van der Waals surface area contributed by atoms with E-state index in [1.165, 1.54) is 6.07 Å². The lowest BCUT2D eigenvalue weighted by molar-refractivity contribution is 0.111. The zero-order chi connectivity index (χ0) is 19.6. The zero-order valence-corrected chi connectivity index (χ0v) is 13.6. The maximum absolute atomic E-state index is 14.0. The Hall–Kier alpha value is -3.22. The fourth-order valence-electron chi connectivity index (χ4n) is 2.52. The molecule has 0 aromatic heterocycles. The highest BCUT2D eigenvalue weighted by atomic mass is 19.2. The summed E-state index contributed by atoms with van der Waals surface area (Å²) in [4.78, 5) is 11.3. The van der Waals surface area contributed by atoms with Crippen LogP contribution in [0.5, 0.6) is 5.75 Å². The van der Waals surface area contributed by atoms with E-state index in [0.717, 1.165) is 17.7 Å². The molecule has 2 nitrogen and oxygen atoms in total. The van der Waals surface area contributed by atoms with Gasteiger partial charge in [0.25, 0.3) is 0 Å². The van der Waals surface area contributed by atoms with Gasteiger partial charge < -0.3 is 4.74 Å². The minimum atomic E-state index is -2.24. The summed E-state index contributed by atoms with van der Waals surface area (Å²) in [5.41, 5.74) is -0.716. The Morgan fingerprint density at radius 3 is 1.96 bits per heavy atom. The van der Waals surface area contributed by atoms with Crippen LogP contribution in [0.25, 0.3) is 11.1 Å². The first-order chi connectivity index (χ1) is 12.9. The number of carbonyl (C=O) groups is 1. The summed E-state index contributed by atoms with van der Waals surface area (Å²) in [6.07, 6.45) is 0.371. The molecule has 0 unspecified atom stereocenters. The lowest BCUT2D eigenvalue weighted by Gasteiger charge is -2.12. The van der Waals surface area contributed by atoms with Crippen molar-refractivity contribution in [3.63, 3.8) is 0 Å². The Balaban J connectivity index is 1.99. The van der Waals surface area contributed by atoms with E-state index < -0.39 is 34.6 Å². The molecule has 0 aliphatic heterocycles. The molecular weight excluding hydrogens is 367 g/mol. The molecule has 3 aromatic rings. The quantitative estimate of drug-likeness (QED) is 0.256. The molecule has 3 rings (SSSR count). The predicted molar refractivity (Wildman–Crippen MR) is 87.8 cm³/mol. The standard InChI is InChI=1S/C20H11F5O2/c21-16-15(17(22)19(24)20(25)18(16)23)12-6-7-14(13(8-12)9-26)27-10-11-4-2-1-3-5-11/h1-9H,10H2. The second-order valence-electron chi connectivity index (χ2n) is 5.59. The summed E-state index contributed by atoms with van der Waals surface area (Å²) in [6.45, 7) is 0.129. The zero-order valence-electron chi connectivity index (χ0n) is 13.6. The van der Waals surface area contributed by atoms with Crippen LogP contribution in [-0.2, 0) is 6.61 Å². The first-order valence-electron chi connectivity index (χ1n) is 7.71. The van der Waals surface area contributed by atoms with E-state index in [1.54, 1.807) is 24.3 Å². The third-order valence-electron chi connectivity index (χ3n) is 3.87. The molecule has 0 aliphatic rings. The van der Waals surface area contributed by atoms with E-state index in [2.05, 4.69) is 0 Å². The third kappa shape index (κ3) is 3.53. The molecule has 138 valence electrons. The van der Waals surface area contributed by atoms with Gasteiger partial charge in [-0.05, 0) is 23.3 Å². The van der Waals surface area contributed by atoms with E-state index in [0.29, 0.717) is 6.29 Å². The SMILES string of the molecule is O=Cc1cc(-c2c(F)c(F)c(F)c(F)c2F)ccc1OCc1ccccc1. The van der Waals surface area contributed by atoms with Crippen molar-refractivity contribution in [1.82, 2.24) is 0 Å². The Morgan fingerprint density at radius 2 is 1.37 bits per heavy atom. The van der Waals surface area contributed by atoms with Gasteiger partial charge in [0, 0.05) is 0 Å². The molecule has 0 radical (unpaired) electrons. The molecule has 0 spiro atoms. The molecule has 3 aromatic carbocycles. The number of ether oxygens (including phenoxy) is 1. The van der Waals surface area contributed by atoms with Gasteiger partial charge in [0.1, 0.15) is 12.4 Å². The van der Waals surface area contributed by atoms with Gasteiger partial charge in [-0.1, -0.05) is 36.4 Å². The van der Waals surface area contributed by atoms with Gasteiger partial charge in [0.05, 0.1) is 11.1 Å². The maximum Gasteiger partial charge on any atom is 0.200 e. The Kier molecular flexibility index (Phi) is 5.21. The van der Waals surface area contributed by atoms with Crippen LogP contribution in [0.15, 0.2) is 48.5 Å². The molecule has 0 bridgehead atoms. The molecule has 27 heavy (non-hydrogen) atoms. The van der Waals surface area contributed by atoms with Gasteiger partial charge in [0.15, 0.2) is 29.6 Å². The predicted octanol–water partition coefficient (Wildman–Crippen LogP) is 5.44. The van der Waals surface area contributed by atoms with Gasteiger partial charge in [-0.25, -0.2) is 22.0 Å². The van der Waals surface area contributed by atoms with Gasteiger partial charge in [-0.3, -0.25) is 4.79 Å². The molecule has 0 N–H and O–H groups in total. The first-order valence-corrected chi connectivity index (χ1v) is 7.71. The Bertz CT molecular complexity index is 974. The Morgan fingerprint density at radius 1 is 0.778 bits per heavy atom. The highest BCUT2D eigenvalue weighted by Gasteiger charge is 2.27. The van der Waals surface area contributed by atoms with Crippen molar-refractivity contribution in [1.29, 1.82) is 0 Å². The third-order valence-corrected chi connectivity index (χ3v) is 3.87. The Labute approximate surface area is 150 Å². The molecule has 0 heterocycles. The number of hydrogen-bond acceptors (Lipinski definition) is 2. The molecule has 0 aliphatic carbocycles. The van der Waals surface area contributed by atoms with Crippen LogP contribution >= 0.6 is 0 Å². The number of rotatable bonds is 5. The second kappa shape index (κ2) is 7.57. The summed E-state index contributed by atoms with van der Waals surface area (Å²) < 4.78 is 73.4. The second-order valence-corrected chi connectivity index (χ2v) is 5.59. The van der Waals surface area contributed by atoms with E-state index >= 15 is 0 Å². The van der Waals surface area contributed by atoms with Crippen molar-refractivity contribution < 1.29 is 31.5 Å². The van der Waals surface area contributed by atoms with E-state index in [4.69, 9.17) is 4.74 Å². The van der Waals surface area contributed by atoms with Gasteiger partial charge in [-0.2, -0.15) is 0 Å². The lowest BCUT2D eigenvalue weighted by atomic mass is 10.0. The van der Waals surface area contributed by atoms with Crippen molar-refractivity contribution in [3.05, 3.63) is 88.7 Å². The molecule has 7 heteroatoms. The smallest absolute Gasteiger partial charge is 0.200 e. The summed E-state index contributed by atoms with van der Waals surface area (Å²) in [6, 6.07) is 12.4. The van der Waals surface area contributed by atoms with Crippen molar-refractivity contribution in [2.24, 2.45) is 0 Å². The normalized spacial score (nSPS) is 10.7. The molecule has 0 amide bonds. The topological polar surface area (TPSA) is 26.3 Å². The minimum Gasteiger partial charge on any atom is -0.488 e. The maximum atomic E-state index is 14.0. The summed E-state index contributed by atoms with van der Waals surface area (Å²) in [5.74, 6) is -10.2. The van der Waals surface area contributed by atoms with Crippen molar-refractivity contribution in [2.45, 2.75) is 6.61 Å². The fraction of sp³-hybridized carbons (Fsp3) is 0.0500. The molecule has 0 saturated carbocycles. The molecular formula is C20H11F5O2. The highest BCUT2D eigenvalue weighted by molar-refractivity contribution is 5.83. The van der Waals surface area contributed by atoms with Crippen molar-refractivity contribution >= 4 is 6.29 Å². The summed E-state index contributed by atoms with van der Waals surface area (Å²) in [5, 5.41) is 0. The van der Waals surface area contributed by atoms with Crippen LogP contribution < -0.4 is 4.74 Å². The highest BCUT2D eigenvalue weighted by Crippen LogP contribution is 2.33. The fourth-order valence-corrected chi connectivity index (χ4v) is 2.52. The van der Waals surface area contributed by atoms with Crippen LogP contribution in [-0.4, -0.2) is 6.29 Å².